The van der Waals surface area contributed by atoms with E-state index in [1.807, 2.05) is 0 Å². The van der Waals surface area contributed by atoms with Gasteiger partial charge in [-0.05, 0) is 30.7 Å². The van der Waals surface area contributed by atoms with Crippen LogP contribution in [0.1, 0.15) is 38.5 Å². The standard InChI is InChI=1S/C15H20Cl2OS/c16-12-5-6-13(17)14(9-12)18-10-15(11-19)7-3-1-2-4-8-15/h5-6,9,19H,1-4,7-8,10-11H2. The third-order valence-electron chi connectivity index (χ3n) is 3.93. The average molecular weight is 319 g/mol. The topological polar surface area (TPSA) is 9.23 Å². The van der Waals surface area contributed by atoms with Gasteiger partial charge in [-0.15, -0.1) is 0 Å². The Hall–Kier alpha value is -0.0500. The minimum absolute atomic E-state index is 0.186. The van der Waals surface area contributed by atoms with Gasteiger partial charge in [-0.2, -0.15) is 12.6 Å². The van der Waals surface area contributed by atoms with E-state index >= 15 is 0 Å². The first-order valence-corrected chi connectivity index (χ1v) is 8.23. The third-order valence-corrected chi connectivity index (χ3v) is 5.14. The zero-order chi connectivity index (χ0) is 13.7. The molecule has 1 nitrogen and oxygen atoms in total. The average Bonchev–Trinajstić information content (AvgIpc) is 2.66. The molecule has 0 bridgehead atoms. The molecule has 0 radical (unpaired) electrons. The lowest BCUT2D eigenvalue weighted by Crippen LogP contribution is -2.30. The number of thiol groups is 1. The van der Waals surface area contributed by atoms with Crippen LogP contribution in [0.2, 0.25) is 10.0 Å². The van der Waals surface area contributed by atoms with Crippen molar-refractivity contribution in [2.45, 2.75) is 38.5 Å². The Morgan fingerprint density at radius 3 is 2.42 bits per heavy atom. The fourth-order valence-electron chi connectivity index (χ4n) is 2.65. The molecule has 0 unspecified atom stereocenters. The molecule has 1 fully saturated rings. The number of benzene rings is 1. The zero-order valence-corrected chi connectivity index (χ0v) is 13.4. The van der Waals surface area contributed by atoms with Gasteiger partial charge >= 0.3 is 0 Å². The van der Waals surface area contributed by atoms with E-state index in [2.05, 4.69) is 12.6 Å². The molecule has 0 aliphatic heterocycles. The summed E-state index contributed by atoms with van der Waals surface area (Å²) in [5.41, 5.74) is 0.186. The molecular formula is C15H20Cl2OS. The molecule has 19 heavy (non-hydrogen) atoms. The van der Waals surface area contributed by atoms with E-state index in [1.54, 1.807) is 18.2 Å². The second-order valence-electron chi connectivity index (χ2n) is 5.44. The molecule has 0 saturated heterocycles. The largest absolute Gasteiger partial charge is 0.491 e. The lowest BCUT2D eigenvalue weighted by Gasteiger charge is -2.31. The van der Waals surface area contributed by atoms with Crippen molar-refractivity contribution in [1.29, 1.82) is 0 Å². The number of rotatable bonds is 4. The van der Waals surface area contributed by atoms with Crippen molar-refractivity contribution in [2.24, 2.45) is 5.41 Å². The van der Waals surface area contributed by atoms with E-state index in [4.69, 9.17) is 27.9 Å². The van der Waals surface area contributed by atoms with Crippen LogP contribution in [0.25, 0.3) is 0 Å². The van der Waals surface area contributed by atoms with Crippen LogP contribution >= 0.6 is 35.8 Å². The van der Waals surface area contributed by atoms with E-state index in [0.717, 1.165) is 5.75 Å². The van der Waals surface area contributed by atoms with Crippen molar-refractivity contribution >= 4 is 35.8 Å². The van der Waals surface area contributed by atoms with Crippen molar-refractivity contribution < 1.29 is 4.74 Å². The van der Waals surface area contributed by atoms with Crippen molar-refractivity contribution in [3.8, 4) is 5.75 Å². The van der Waals surface area contributed by atoms with E-state index in [0.29, 0.717) is 22.4 Å². The minimum atomic E-state index is 0.186. The quantitative estimate of drug-likeness (QED) is 0.558. The monoisotopic (exact) mass is 318 g/mol. The molecule has 1 aliphatic rings. The molecular weight excluding hydrogens is 299 g/mol. The van der Waals surface area contributed by atoms with Crippen LogP contribution in [0.4, 0.5) is 0 Å². The molecule has 0 atom stereocenters. The summed E-state index contributed by atoms with van der Waals surface area (Å²) in [5, 5.41) is 1.27. The van der Waals surface area contributed by atoms with Gasteiger partial charge in [-0.3, -0.25) is 0 Å². The van der Waals surface area contributed by atoms with Crippen LogP contribution in [0, 0.1) is 5.41 Å². The molecule has 106 valence electrons. The number of hydrogen-bond donors (Lipinski definition) is 1. The highest BCUT2D eigenvalue weighted by atomic mass is 35.5. The molecule has 0 N–H and O–H groups in total. The number of hydrogen-bond acceptors (Lipinski definition) is 2. The first-order chi connectivity index (χ1) is 9.15. The summed E-state index contributed by atoms with van der Waals surface area (Å²) in [7, 11) is 0. The SMILES string of the molecule is SCC1(COc2cc(Cl)ccc2Cl)CCCCCC1. The van der Waals surface area contributed by atoms with Gasteiger partial charge in [0.25, 0.3) is 0 Å². The van der Waals surface area contributed by atoms with Gasteiger partial charge < -0.3 is 4.74 Å². The maximum Gasteiger partial charge on any atom is 0.139 e. The highest BCUT2D eigenvalue weighted by Crippen LogP contribution is 2.37. The minimum Gasteiger partial charge on any atom is -0.491 e. The highest BCUT2D eigenvalue weighted by Gasteiger charge is 2.30. The Bertz CT molecular complexity index is 415. The molecule has 0 spiro atoms. The Morgan fingerprint density at radius 2 is 1.79 bits per heavy atom. The van der Waals surface area contributed by atoms with Gasteiger partial charge in [0, 0.05) is 16.5 Å². The van der Waals surface area contributed by atoms with Crippen LogP contribution < -0.4 is 4.74 Å². The lowest BCUT2D eigenvalue weighted by atomic mass is 9.83. The van der Waals surface area contributed by atoms with Crippen molar-refractivity contribution in [3.63, 3.8) is 0 Å². The Labute approximate surface area is 131 Å². The van der Waals surface area contributed by atoms with Gasteiger partial charge in [0.2, 0.25) is 0 Å². The summed E-state index contributed by atoms with van der Waals surface area (Å²) in [6.07, 6.45) is 7.57. The summed E-state index contributed by atoms with van der Waals surface area (Å²) in [4.78, 5) is 0. The van der Waals surface area contributed by atoms with Crippen LogP contribution in [0.15, 0.2) is 18.2 Å². The highest BCUT2D eigenvalue weighted by molar-refractivity contribution is 7.80. The van der Waals surface area contributed by atoms with E-state index < -0.39 is 0 Å². The maximum absolute atomic E-state index is 6.13. The van der Waals surface area contributed by atoms with Crippen molar-refractivity contribution in [1.82, 2.24) is 0 Å². The van der Waals surface area contributed by atoms with Crippen molar-refractivity contribution in [3.05, 3.63) is 28.2 Å². The summed E-state index contributed by atoms with van der Waals surface area (Å²) in [6.45, 7) is 0.677. The molecule has 1 aliphatic carbocycles. The smallest absolute Gasteiger partial charge is 0.139 e. The molecule has 1 saturated carbocycles. The van der Waals surface area contributed by atoms with Crippen LogP contribution in [-0.2, 0) is 0 Å². The van der Waals surface area contributed by atoms with Gasteiger partial charge in [-0.25, -0.2) is 0 Å². The summed E-state index contributed by atoms with van der Waals surface area (Å²) in [6, 6.07) is 5.34. The Morgan fingerprint density at radius 1 is 1.11 bits per heavy atom. The maximum atomic E-state index is 6.13. The van der Waals surface area contributed by atoms with Gasteiger partial charge in [0.1, 0.15) is 5.75 Å². The van der Waals surface area contributed by atoms with Crippen LogP contribution in [0.3, 0.4) is 0 Å². The fourth-order valence-corrected chi connectivity index (χ4v) is 3.39. The first-order valence-electron chi connectivity index (χ1n) is 6.84. The molecule has 1 aromatic carbocycles. The summed E-state index contributed by atoms with van der Waals surface area (Å²) >= 11 is 16.7. The Kier molecular flexibility index (Phi) is 5.73. The second kappa shape index (κ2) is 7.10. The third kappa shape index (κ3) is 4.21. The van der Waals surface area contributed by atoms with Crippen LogP contribution in [-0.4, -0.2) is 12.4 Å². The molecule has 4 heteroatoms. The normalized spacial score (nSPS) is 18.9. The summed E-state index contributed by atoms with van der Waals surface area (Å²) in [5.74, 6) is 1.55. The fraction of sp³-hybridized carbons (Fsp3) is 0.600. The van der Waals surface area contributed by atoms with E-state index in [-0.39, 0.29) is 5.41 Å². The summed E-state index contributed by atoms with van der Waals surface area (Å²) < 4.78 is 5.94. The van der Waals surface area contributed by atoms with E-state index in [9.17, 15) is 0 Å². The second-order valence-corrected chi connectivity index (χ2v) is 6.60. The first kappa shape index (κ1) is 15.3. The molecule has 0 heterocycles. The van der Waals surface area contributed by atoms with Crippen LogP contribution in [0.5, 0.6) is 5.75 Å². The number of ether oxygens (including phenoxy) is 1. The van der Waals surface area contributed by atoms with Gasteiger partial charge in [-0.1, -0.05) is 48.9 Å². The molecule has 1 aromatic rings. The predicted octanol–water partition coefficient (Wildman–Crippen LogP) is 5.64. The molecule has 2 rings (SSSR count). The molecule has 0 aromatic heterocycles. The molecule has 0 amide bonds. The Balaban J connectivity index is 2.04. The number of halogens is 2. The predicted molar refractivity (Wildman–Crippen MR) is 85.9 cm³/mol. The zero-order valence-electron chi connectivity index (χ0n) is 11.0. The lowest BCUT2D eigenvalue weighted by molar-refractivity contribution is 0.148. The van der Waals surface area contributed by atoms with Gasteiger partial charge in [0.15, 0.2) is 0 Å². The van der Waals surface area contributed by atoms with E-state index in [1.165, 1.54) is 38.5 Å². The van der Waals surface area contributed by atoms with Crippen molar-refractivity contribution in [2.75, 3.05) is 12.4 Å². The van der Waals surface area contributed by atoms with Gasteiger partial charge in [0.05, 0.1) is 11.6 Å².